The van der Waals surface area contributed by atoms with Crippen LogP contribution in [0.3, 0.4) is 0 Å². The minimum Gasteiger partial charge on any atom is -0.441 e. The number of nitro benzene ring substituents is 1. The van der Waals surface area contributed by atoms with Crippen LogP contribution in [0.25, 0.3) is 11.0 Å². The number of nitrogens with zero attached hydrogens (tertiary/aromatic N) is 3. The van der Waals surface area contributed by atoms with Gasteiger partial charge < -0.3 is 71.2 Å². The van der Waals surface area contributed by atoms with E-state index in [1.807, 2.05) is 11.8 Å². The van der Waals surface area contributed by atoms with Gasteiger partial charge in [0.2, 0.25) is 17.8 Å². The Bertz CT molecular complexity index is 3450. The number of urea groups is 1. The number of aromatic nitrogens is 3. The number of carbonyl (C=O) groups is 5. The predicted octanol–water partition coefficient (Wildman–Crippen LogP) is 4.30. The van der Waals surface area contributed by atoms with Gasteiger partial charge in [0.25, 0.3) is 17.2 Å². The second-order valence-electron chi connectivity index (χ2n) is 19.5. The summed E-state index contributed by atoms with van der Waals surface area (Å²) >= 11 is 1.83. The highest BCUT2D eigenvalue weighted by molar-refractivity contribution is 8.00. The second kappa shape index (κ2) is 29.0. The summed E-state index contributed by atoms with van der Waals surface area (Å²) in [5.74, 6) is 2.10. The number of aromatic amines is 1. The molecule has 5 heterocycles. The standard InChI is InChI=1S/C48H60F2N11O20P3S/c1-26(31-18-27(12-14-36(31)61(68)69)21-54-39(63)10-3-2-6-16-52-38(62)11-5-4-9-37-42-35(25-85-37)56-47(66)57-42)78-48(67)55-22-32-33(49)19-29(20-34(32)50)44(64)53-17-7-8-28-23-60(43-41(28)45(65)59-46(51)58-43)40-15-13-30(79-40)24-77-83(73,74)81-84(75,76)80-82(70,71)72/h12,14,18-20,23,26,30,35,37,40,42H,2-6,9-11,13,15-17,21-22,24-25H2,1H3,(H,52,62)(H,53,64)(H,54,63)(H,55,67)(H,73,74)(H,75,76)(H2,56,57,66)(H2,70,71,72)(H3,51,58,59,65)/t26?,30-,35-,37-,40+,42-/m0/s1. The third-order valence-corrected chi connectivity index (χ3v) is 18.6. The molecule has 6 amide bonds. The van der Waals surface area contributed by atoms with E-state index in [9.17, 15) is 62.4 Å². The van der Waals surface area contributed by atoms with E-state index in [1.165, 1.54) is 35.9 Å². The number of unbranched alkanes of at least 4 members (excludes halogenated alkanes) is 3. The maximum atomic E-state index is 15.3. The summed E-state index contributed by atoms with van der Waals surface area (Å²) < 4.78 is 89.9. The third-order valence-electron chi connectivity index (χ3n) is 13.3. The van der Waals surface area contributed by atoms with E-state index < -0.39 is 113 Å². The Morgan fingerprint density at radius 3 is 2.38 bits per heavy atom. The summed E-state index contributed by atoms with van der Waals surface area (Å²) in [5, 5.41) is 28.3. The van der Waals surface area contributed by atoms with Gasteiger partial charge in [-0.1, -0.05) is 30.7 Å². The number of alkyl carbamates (subject to hydrolysis) is 1. The fourth-order valence-corrected chi connectivity index (χ4v) is 13.9. The number of hydrogen-bond donors (Lipinski definition) is 12. The van der Waals surface area contributed by atoms with E-state index in [0.717, 1.165) is 25.0 Å². The van der Waals surface area contributed by atoms with E-state index >= 15 is 8.78 Å². The number of carbonyl (C=O) groups excluding carboxylic acids is 5. The highest BCUT2D eigenvalue weighted by Crippen LogP contribution is 2.66. The summed E-state index contributed by atoms with van der Waals surface area (Å²) in [4.78, 5) is 130. The summed E-state index contributed by atoms with van der Waals surface area (Å²) in [5.41, 5.74) is 3.92. The molecule has 0 bridgehead atoms. The van der Waals surface area contributed by atoms with E-state index in [0.29, 0.717) is 55.2 Å². The molecule has 0 aliphatic carbocycles. The van der Waals surface area contributed by atoms with Crippen LogP contribution in [0, 0.1) is 33.6 Å². The van der Waals surface area contributed by atoms with Crippen molar-refractivity contribution in [3.63, 3.8) is 0 Å². The number of ether oxygens (including phenoxy) is 2. The SMILES string of the molecule is CC(OC(=O)NCc1c(F)cc(C(=O)NCC#Cc2cn([C@H]3CC[C@@H](COP(=O)(O)OP(=O)(O)OP(=O)(O)O)O3)c3nc(N)[nH]c(=O)c23)cc1F)c1cc(CNC(=O)CCCCCNC(=O)CCCC[C@@H]2SC[C@@H]3NC(=O)N[C@@H]32)ccc1[N+](=O)[O-]. The number of benzene rings is 2. The van der Waals surface area contributed by atoms with E-state index in [2.05, 4.69) is 66.9 Å². The van der Waals surface area contributed by atoms with Gasteiger partial charge in [-0.05, 0) is 69.2 Å². The van der Waals surface area contributed by atoms with Crippen LogP contribution in [0.5, 0.6) is 0 Å². The third kappa shape index (κ3) is 19.1. The minimum absolute atomic E-state index is 0.0111. The molecule has 4 aromatic rings. The number of amides is 6. The zero-order valence-electron chi connectivity index (χ0n) is 45.0. The molecule has 2 aromatic heterocycles. The van der Waals surface area contributed by atoms with Crippen LogP contribution in [0.2, 0.25) is 0 Å². The summed E-state index contributed by atoms with van der Waals surface area (Å²) in [7, 11) is -16.8. The predicted molar refractivity (Wildman–Crippen MR) is 295 cm³/mol. The topological polar surface area (TPSA) is 456 Å². The molecule has 3 fully saturated rings. The molecule has 0 spiro atoms. The lowest BCUT2D eigenvalue weighted by Gasteiger charge is -2.19. The van der Waals surface area contributed by atoms with E-state index in [-0.39, 0.29) is 83.8 Å². The van der Waals surface area contributed by atoms with Gasteiger partial charge in [-0.3, -0.25) is 38.8 Å². The number of hydrogen-bond acceptors (Lipinski definition) is 19. The lowest BCUT2D eigenvalue weighted by Crippen LogP contribution is -2.36. The van der Waals surface area contributed by atoms with Crippen LogP contribution in [0.1, 0.15) is 116 Å². The van der Waals surface area contributed by atoms with Gasteiger partial charge in [-0.15, -0.1) is 0 Å². The van der Waals surface area contributed by atoms with Crippen LogP contribution >= 0.6 is 35.2 Å². The molecule has 3 aliphatic rings. The summed E-state index contributed by atoms with van der Waals surface area (Å²) in [6.07, 6.45) is 2.25. The van der Waals surface area contributed by atoms with Crippen molar-refractivity contribution in [2.75, 3.05) is 31.2 Å². The maximum absolute atomic E-state index is 15.3. The molecule has 13 N–H and O–H groups in total. The number of nitrogens with one attached hydrogen (secondary N) is 7. The fourth-order valence-electron chi connectivity index (χ4n) is 9.35. The van der Waals surface area contributed by atoms with Crippen molar-refractivity contribution in [3.05, 3.63) is 96.4 Å². The van der Waals surface area contributed by atoms with Crippen LogP contribution < -0.4 is 43.2 Å². The zero-order chi connectivity index (χ0) is 61.8. The number of phosphoric ester groups is 1. The number of nitro groups is 1. The van der Waals surface area contributed by atoms with E-state index in [4.69, 9.17) is 25.0 Å². The molecule has 37 heteroatoms. The molecular formula is C48H60F2N11O20P3S. The van der Waals surface area contributed by atoms with Crippen molar-refractivity contribution in [1.29, 1.82) is 0 Å². The lowest BCUT2D eigenvalue weighted by molar-refractivity contribution is -0.386. The molecule has 8 atom stereocenters. The smallest absolute Gasteiger partial charge is 0.441 e. The first-order chi connectivity index (χ1) is 40.1. The van der Waals surface area contributed by atoms with Crippen molar-refractivity contribution in [2.45, 2.75) is 120 Å². The maximum Gasteiger partial charge on any atom is 0.490 e. The number of fused-ring (bicyclic) bond motifs is 2. The number of thioether (sulfide) groups is 1. The van der Waals surface area contributed by atoms with Gasteiger partial charge >= 0.3 is 35.6 Å². The second-order valence-corrected chi connectivity index (χ2v) is 25.2. The van der Waals surface area contributed by atoms with Gasteiger partial charge in [0.05, 0.1) is 59.3 Å². The van der Waals surface area contributed by atoms with Crippen LogP contribution in [0.4, 0.5) is 30.0 Å². The Hall–Kier alpha value is -6.85. The molecule has 3 aliphatic heterocycles. The Morgan fingerprint density at radius 2 is 1.66 bits per heavy atom. The molecule has 3 saturated heterocycles. The largest absolute Gasteiger partial charge is 0.490 e. The monoisotopic (exact) mass is 1270 g/mol. The highest BCUT2D eigenvalue weighted by Gasteiger charge is 2.43. The molecule has 31 nitrogen and oxygen atoms in total. The molecule has 3 unspecified atom stereocenters. The van der Waals surface area contributed by atoms with Gasteiger partial charge in [0, 0.05) is 60.3 Å². The number of phosphoric acid groups is 3. The average Bonchev–Trinajstić information content (AvgIpc) is 2.59. The number of anilines is 1. The lowest BCUT2D eigenvalue weighted by atomic mass is 10.0. The number of nitrogens with two attached hydrogens (primary N) is 1. The number of H-pyrrole nitrogens is 1. The zero-order valence-corrected chi connectivity index (χ0v) is 48.5. The average molecular weight is 1270 g/mol. The van der Waals surface area contributed by atoms with Crippen molar-refractivity contribution in [3.8, 4) is 11.8 Å². The fraction of sp³-hybridized carbons (Fsp3) is 0.479. The molecule has 7 rings (SSSR count). The molecule has 2 aromatic carbocycles. The quantitative estimate of drug-likeness (QED) is 0.00941. The van der Waals surface area contributed by atoms with Gasteiger partial charge in [-0.25, -0.2) is 32.1 Å². The number of halogens is 2. The first-order valence-corrected chi connectivity index (χ1v) is 31.7. The van der Waals surface area contributed by atoms with Crippen molar-refractivity contribution >= 4 is 87.7 Å². The summed E-state index contributed by atoms with van der Waals surface area (Å²) in [6, 6.07) is 5.55. The van der Waals surface area contributed by atoms with Crippen molar-refractivity contribution in [2.24, 2.45) is 0 Å². The van der Waals surface area contributed by atoms with Crippen LogP contribution in [0.15, 0.2) is 41.3 Å². The molecule has 462 valence electrons. The Kier molecular flexibility index (Phi) is 22.4. The Labute approximate surface area is 485 Å². The molecule has 0 saturated carbocycles. The van der Waals surface area contributed by atoms with Crippen molar-refractivity contribution < 1.29 is 93.6 Å². The van der Waals surface area contributed by atoms with Gasteiger partial charge in [0.15, 0.2) is 5.65 Å². The normalized spacial score (nSPS) is 19.9. The first-order valence-electron chi connectivity index (χ1n) is 26.2. The summed E-state index contributed by atoms with van der Waals surface area (Å²) in [6.45, 7) is -0.156. The molecule has 85 heavy (non-hydrogen) atoms. The molecule has 0 radical (unpaired) electrons. The van der Waals surface area contributed by atoms with Crippen LogP contribution in [-0.2, 0) is 59.0 Å². The Morgan fingerprint density at radius 1 is 0.941 bits per heavy atom. The Balaban J connectivity index is 0.828. The van der Waals surface area contributed by atoms with Gasteiger partial charge in [-0.2, -0.15) is 25.4 Å². The molecular weight excluding hydrogens is 1210 g/mol. The first kappa shape index (κ1) is 65.7. The number of nitrogen functional groups attached to an aromatic ring is 1. The van der Waals surface area contributed by atoms with Gasteiger partial charge in [0.1, 0.15) is 24.0 Å². The van der Waals surface area contributed by atoms with Crippen molar-refractivity contribution in [1.82, 2.24) is 46.4 Å². The van der Waals surface area contributed by atoms with Crippen LogP contribution in [-0.4, -0.2) is 118 Å². The number of rotatable bonds is 28. The van der Waals surface area contributed by atoms with E-state index in [1.54, 1.807) is 0 Å². The highest BCUT2D eigenvalue weighted by atomic mass is 32.2. The minimum atomic E-state index is -5.77.